The van der Waals surface area contributed by atoms with Gasteiger partial charge in [-0.25, -0.2) is 0 Å². The number of aromatic hydroxyl groups is 1. The minimum absolute atomic E-state index is 0.0934. The molecule has 0 saturated heterocycles. The fourth-order valence-corrected chi connectivity index (χ4v) is 1.71. The topological polar surface area (TPSA) is 101 Å². The van der Waals surface area contributed by atoms with E-state index in [0.29, 0.717) is 11.3 Å². The molecular weight excluding hydrogens is 240 g/mol. The molecule has 0 bridgehead atoms. The molecule has 17 heavy (non-hydrogen) atoms. The van der Waals surface area contributed by atoms with Gasteiger partial charge in [0.15, 0.2) is 5.69 Å². The number of nitrogens with two attached hydrogens (primary N) is 1. The first-order valence-electron chi connectivity index (χ1n) is 4.79. The fraction of sp³-hybridized carbons (Fsp3) is 0.100. The summed E-state index contributed by atoms with van der Waals surface area (Å²) < 4.78 is 3.59. The van der Waals surface area contributed by atoms with Gasteiger partial charge in [-0.05, 0) is 29.7 Å². The van der Waals surface area contributed by atoms with Crippen LogP contribution in [0.15, 0.2) is 23.6 Å². The quantitative estimate of drug-likeness (QED) is 0.551. The Kier molecular flexibility index (Phi) is 3.20. The number of benzene rings is 1. The molecule has 0 aliphatic heterocycles. The van der Waals surface area contributed by atoms with Gasteiger partial charge in [0.1, 0.15) is 5.75 Å². The molecule has 6 nitrogen and oxygen atoms in total. The molecule has 2 rings (SSSR count). The van der Waals surface area contributed by atoms with E-state index in [0.717, 1.165) is 11.5 Å². The summed E-state index contributed by atoms with van der Waals surface area (Å²) in [6.45, 7) is 0.188. The highest BCUT2D eigenvalue weighted by atomic mass is 32.1. The largest absolute Gasteiger partial charge is 0.508 e. The van der Waals surface area contributed by atoms with E-state index in [1.54, 1.807) is 17.5 Å². The smallest absolute Gasteiger partial charge is 0.273 e. The van der Waals surface area contributed by atoms with Crippen LogP contribution in [0, 0.1) is 0 Å². The van der Waals surface area contributed by atoms with Crippen LogP contribution >= 0.6 is 11.5 Å². The molecule has 0 atom stereocenters. The van der Waals surface area contributed by atoms with Gasteiger partial charge in [0.2, 0.25) is 0 Å². The molecule has 4 N–H and O–H groups in total. The highest BCUT2D eigenvalue weighted by molar-refractivity contribution is 7.03. The van der Waals surface area contributed by atoms with Crippen molar-refractivity contribution in [2.45, 2.75) is 6.54 Å². The van der Waals surface area contributed by atoms with E-state index in [1.807, 2.05) is 0 Å². The lowest BCUT2D eigenvalue weighted by atomic mass is 10.2. The number of nitrogen functional groups attached to an aromatic ring is 1. The molecule has 1 heterocycles. The van der Waals surface area contributed by atoms with Crippen LogP contribution in [0.2, 0.25) is 0 Å². The summed E-state index contributed by atoms with van der Waals surface area (Å²) in [7, 11) is 0. The molecule has 7 heteroatoms. The first-order valence-corrected chi connectivity index (χ1v) is 5.63. The Hall–Kier alpha value is -2.15. The zero-order valence-electron chi connectivity index (χ0n) is 8.75. The molecule has 1 amide bonds. The number of nitrogens with one attached hydrogen (secondary N) is 1. The number of aromatic nitrogens is 2. The minimum Gasteiger partial charge on any atom is -0.508 e. The van der Waals surface area contributed by atoms with Crippen molar-refractivity contribution in [2.24, 2.45) is 0 Å². The molecule has 0 saturated carbocycles. The Balaban J connectivity index is 2.03. The van der Waals surface area contributed by atoms with Crippen LogP contribution in [0.4, 0.5) is 5.69 Å². The summed E-state index contributed by atoms with van der Waals surface area (Å²) in [4.78, 5) is 11.6. The monoisotopic (exact) mass is 250 g/mol. The van der Waals surface area contributed by atoms with Crippen LogP contribution in [-0.2, 0) is 6.54 Å². The SMILES string of the molecule is Nc1ccc(O)c(CNC(=O)c2csnn2)c1. The maximum Gasteiger partial charge on any atom is 0.273 e. The lowest BCUT2D eigenvalue weighted by Crippen LogP contribution is -2.23. The van der Waals surface area contributed by atoms with E-state index in [2.05, 4.69) is 14.9 Å². The zero-order valence-corrected chi connectivity index (χ0v) is 9.57. The van der Waals surface area contributed by atoms with Gasteiger partial charge in [0, 0.05) is 23.2 Å². The van der Waals surface area contributed by atoms with E-state index >= 15 is 0 Å². The fourth-order valence-electron chi connectivity index (χ4n) is 1.28. The van der Waals surface area contributed by atoms with Crippen LogP contribution in [0.3, 0.4) is 0 Å². The van der Waals surface area contributed by atoms with Gasteiger partial charge in [-0.3, -0.25) is 4.79 Å². The predicted octanol–water partition coefficient (Wildman–Crippen LogP) is 0.756. The number of hydrogen-bond donors (Lipinski definition) is 3. The van der Waals surface area contributed by atoms with Crippen LogP contribution < -0.4 is 11.1 Å². The molecule has 0 fully saturated rings. The number of hydrogen-bond acceptors (Lipinski definition) is 6. The molecule has 2 aromatic rings. The van der Waals surface area contributed by atoms with Crippen molar-refractivity contribution in [1.29, 1.82) is 0 Å². The molecule has 0 aliphatic carbocycles. The van der Waals surface area contributed by atoms with Gasteiger partial charge >= 0.3 is 0 Å². The van der Waals surface area contributed by atoms with Gasteiger partial charge in [-0.2, -0.15) is 0 Å². The van der Waals surface area contributed by atoms with E-state index in [-0.39, 0.29) is 23.9 Å². The lowest BCUT2D eigenvalue weighted by molar-refractivity contribution is 0.0946. The van der Waals surface area contributed by atoms with Crippen LogP contribution in [0.25, 0.3) is 0 Å². The van der Waals surface area contributed by atoms with Crippen molar-refractivity contribution in [3.63, 3.8) is 0 Å². The lowest BCUT2D eigenvalue weighted by Gasteiger charge is -2.06. The number of phenolic OH excluding ortho intramolecular Hbond substituents is 1. The number of phenols is 1. The van der Waals surface area contributed by atoms with E-state index in [4.69, 9.17) is 5.73 Å². The molecule has 88 valence electrons. The van der Waals surface area contributed by atoms with Gasteiger partial charge in [0.25, 0.3) is 5.91 Å². The van der Waals surface area contributed by atoms with Crippen LogP contribution in [0.5, 0.6) is 5.75 Å². The number of amides is 1. The Morgan fingerprint density at radius 1 is 1.53 bits per heavy atom. The summed E-state index contributed by atoms with van der Waals surface area (Å²) in [6, 6.07) is 4.68. The first-order chi connectivity index (χ1) is 8.16. The third kappa shape index (κ3) is 2.70. The predicted molar refractivity (Wildman–Crippen MR) is 63.6 cm³/mol. The Morgan fingerprint density at radius 2 is 2.35 bits per heavy atom. The second-order valence-corrected chi connectivity index (χ2v) is 3.97. The van der Waals surface area contributed by atoms with Gasteiger partial charge in [-0.1, -0.05) is 4.49 Å². The van der Waals surface area contributed by atoms with Crippen molar-refractivity contribution in [3.05, 3.63) is 34.8 Å². The summed E-state index contributed by atoms with van der Waals surface area (Å²) in [6.07, 6.45) is 0. The maximum atomic E-state index is 11.6. The number of anilines is 1. The Labute approximate surface area is 101 Å². The second-order valence-electron chi connectivity index (χ2n) is 3.36. The van der Waals surface area contributed by atoms with Crippen molar-refractivity contribution < 1.29 is 9.90 Å². The van der Waals surface area contributed by atoms with Crippen molar-refractivity contribution >= 4 is 23.1 Å². The van der Waals surface area contributed by atoms with Crippen LogP contribution in [-0.4, -0.2) is 20.6 Å². The summed E-state index contributed by atoms with van der Waals surface area (Å²) in [5.41, 5.74) is 6.93. The van der Waals surface area contributed by atoms with Gasteiger partial charge < -0.3 is 16.2 Å². The van der Waals surface area contributed by atoms with Gasteiger partial charge in [-0.15, -0.1) is 5.10 Å². The highest BCUT2D eigenvalue weighted by Crippen LogP contribution is 2.19. The molecule has 0 spiro atoms. The molecule has 0 aliphatic rings. The molecular formula is C10H10N4O2S. The van der Waals surface area contributed by atoms with E-state index in [9.17, 15) is 9.90 Å². The number of carbonyl (C=O) groups excluding carboxylic acids is 1. The number of nitrogens with zero attached hydrogens (tertiary/aromatic N) is 2. The third-order valence-corrected chi connectivity index (χ3v) is 2.64. The second kappa shape index (κ2) is 4.79. The summed E-state index contributed by atoms with van der Waals surface area (Å²) in [5.74, 6) is -0.239. The molecule has 0 unspecified atom stereocenters. The van der Waals surface area contributed by atoms with Crippen molar-refractivity contribution in [2.75, 3.05) is 5.73 Å². The zero-order chi connectivity index (χ0) is 12.3. The average molecular weight is 250 g/mol. The minimum atomic E-state index is -0.333. The molecule has 1 aromatic heterocycles. The highest BCUT2D eigenvalue weighted by Gasteiger charge is 2.09. The maximum absolute atomic E-state index is 11.6. The van der Waals surface area contributed by atoms with E-state index in [1.165, 1.54) is 6.07 Å². The molecule has 1 aromatic carbocycles. The van der Waals surface area contributed by atoms with Gasteiger partial charge in [0.05, 0.1) is 0 Å². The average Bonchev–Trinajstić information content (AvgIpc) is 2.83. The van der Waals surface area contributed by atoms with Crippen molar-refractivity contribution in [1.82, 2.24) is 14.9 Å². The third-order valence-electron chi connectivity index (χ3n) is 2.14. The van der Waals surface area contributed by atoms with Crippen molar-refractivity contribution in [3.8, 4) is 5.75 Å². The summed E-state index contributed by atoms with van der Waals surface area (Å²) >= 11 is 1.10. The Bertz CT molecular complexity index is 527. The Morgan fingerprint density at radius 3 is 3.06 bits per heavy atom. The normalized spacial score (nSPS) is 10.1. The first kappa shape index (κ1) is 11.3. The number of carbonyl (C=O) groups is 1. The standard InChI is InChI=1S/C10H10N4O2S/c11-7-1-2-9(15)6(3-7)4-12-10(16)8-5-17-14-13-8/h1-3,5,15H,4,11H2,(H,12,16). The molecule has 0 radical (unpaired) electrons. The van der Waals surface area contributed by atoms with Crippen LogP contribution in [0.1, 0.15) is 16.1 Å². The van der Waals surface area contributed by atoms with E-state index < -0.39 is 0 Å². The summed E-state index contributed by atoms with van der Waals surface area (Å²) in [5, 5.41) is 17.4. The number of rotatable bonds is 3.